The fourth-order valence-electron chi connectivity index (χ4n) is 2.41. The van der Waals surface area contributed by atoms with Crippen LogP contribution in [0.4, 0.5) is 0 Å². The number of nitrogens with one attached hydrogen (secondary N) is 1. The standard InChI is InChI=1S/C13H15ClN2S2/c1-8-7-17-13(16-8)4-5-15-10-2-3-11-9(10)6-12(14)18-11/h6-7,10,15H,2-5H2,1H3. The van der Waals surface area contributed by atoms with Crippen LogP contribution in [0.3, 0.4) is 0 Å². The summed E-state index contributed by atoms with van der Waals surface area (Å²) in [5.74, 6) is 0. The summed E-state index contributed by atoms with van der Waals surface area (Å²) in [5.41, 5.74) is 2.54. The lowest BCUT2D eigenvalue weighted by Crippen LogP contribution is -2.21. The van der Waals surface area contributed by atoms with Crippen molar-refractivity contribution in [2.45, 2.75) is 32.2 Å². The molecular formula is C13H15ClN2S2. The van der Waals surface area contributed by atoms with Crippen LogP contribution in [0.5, 0.6) is 0 Å². The molecule has 0 aliphatic heterocycles. The maximum atomic E-state index is 6.06. The molecule has 0 fully saturated rings. The molecule has 2 aromatic rings. The molecule has 0 aromatic carbocycles. The third-order valence-corrected chi connectivity index (χ3v) is 5.61. The van der Waals surface area contributed by atoms with Gasteiger partial charge in [0, 0.05) is 35.0 Å². The highest BCUT2D eigenvalue weighted by Gasteiger charge is 2.24. The molecule has 18 heavy (non-hydrogen) atoms. The van der Waals surface area contributed by atoms with Gasteiger partial charge in [0.1, 0.15) is 0 Å². The zero-order valence-electron chi connectivity index (χ0n) is 10.2. The van der Waals surface area contributed by atoms with Crippen LogP contribution in [0.25, 0.3) is 0 Å². The number of hydrogen-bond donors (Lipinski definition) is 1. The molecule has 0 spiro atoms. The minimum atomic E-state index is 0.491. The first-order valence-corrected chi connectivity index (χ1v) is 8.22. The Morgan fingerprint density at radius 2 is 2.44 bits per heavy atom. The zero-order valence-corrected chi connectivity index (χ0v) is 12.6. The minimum absolute atomic E-state index is 0.491. The first-order valence-electron chi connectivity index (χ1n) is 6.15. The van der Waals surface area contributed by atoms with Crippen LogP contribution in [-0.2, 0) is 12.8 Å². The Kier molecular flexibility index (Phi) is 3.71. The lowest BCUT2D eigenvalue weighted by molar-refractivity contribution is 0.533. The molecule has 0 saturated carbocycles. The summed E-state index contributed by atoms with van der Waals surface area (Å²) in [7, 11) is 0. The average Bonchev–Trinajstić information content (AvgIpc) is 2.97. The summed E-state index contributed by atoms with van der Waals surface area (Å²) in [6.07, 6.45) is 3.39. The zero-order chi connectivity index (χ0) is 12.5. The Hall–Kier alpha value is -0.420. The van der Waals surface area contributed by atoms with Crippen LogP contribution in [-0.4, -0.2) is 11.5 Å². The van der Waals surface area contributed by atoms with E-state index in [1.54, 1.807) is 22.7 Å². The van der Waals surface area contributed by atoms with E-state index in [2.05, 4.69) is 21.7 Å². The monoisotopic (exact) mass is 298 g/mol. The number of halogens is 1. The van der Waals surface area contributed by atoms with Crippen molar-refractivity contribution in [3.63, 3.8) is 0 Å². The van der Waals surface area contributed by atoms with Gasteiger partial charge in [-0.2, -0.15) is 0 Å². The summed E-state index contributed by atoms with van der Waals surface area (Å²) in [5, 5.41) is 6.96. The van der Waals surface area contributed by atoms with Gasteiger partial charge in [-0.05, 0) is 31.4 Å². The van der Waals surface area contributed by atoms with Crippen LogP contribution in [0.1, 0.15) is 33.6 Å². The quantitative estimate of drug-likeness (QED) is 0.923. The molecular weight excluding hydrogens is 284 g/mol. The number of thiazole rings is 1. The van der Waals surface area contributed by atoms with E-state index in [-0.39, 0.29) is 0 Å². The number of fused-ring (bicyclic) bond motifs is 1. The van der Waals surface area contributed by atoms with Gasteiger partial charge < -0.3 is 5.32 Å². The molecule has 2 nitrogen and oxygen atoms in total. The summed E-state index contributed by atoms with van der Waals surface area (Å²) in [6, 6.07) is 2.62. The number of aromatic nitrogens is 1. The highest BCUT2D eigenvalue weighted by atomic mass is 35.5. The Morgan fingerprint density at radius 3 is 3.22 bits per heavy atom. The predicted molar refractivity (Wildman–Crippen MR) is 78.9 cm³/mol. The number of hydrogen-bond acceptors (Lipinski definition) is 4. The normalized spacial score (nSPS) is 18.2. The molecule has 96 valence electrons. The average molecular weight is 299 g/mol. The van der Waals surface area contributed by atoms with Gasteiger partial charge in [0.15, 0.2) is 0 Å². The van der Waals surface area contributed by atoms with E-state index in [1.807, 2.05) is 6.92 Å². The van der Waals surface area contributed by atoms with Gasteiger partial charge in [0.2, 0.25) is 0 Å². The molecule has 0 amide bonds. The highest BCUT2D eigenvalue weighted by molar-refractivity contribution is 7.16. The van der Waals surface area contributed by atoms with Crippen molar-refractivity contribution in [2.24, 2.45) is 0 Å². The van der Waals surface area contributed by atoms with Crippen molar-refractivity contribution in [3.8, 4) is 0 Å². The van der Waals surface area contributed by atoms with Crippen LogP contribution >= 0.6 is 34.3 Å². The van der Waals surface area contributed by atoms with Gasteiger partial charge in [-0.1, -0.05) is 11.6 Å². The first-order chi connectivity index (χ1) is 8.72. The van der Waals surface area contributed by atoms with Crippen molar-refractivity contribution < 1.29 is 0 Å². The van der Waals surface area contributed by atoms with Gasteiger partial charge in [0.05, 0.1) is 9.34 Å². The first kappa shape index (κ1) is 12.6. The molecule has 2 aromatic heterocycles. The highest BCUT2D eigenvalue weighted by Crippen LogP contribution is 2.39. The van der Waals surface area contributed by atoms with E-state index >= 15 is 0 Å². The third-order valence-electron chi connectivity index (χ3n) is 3.24. The second-order valence-corrected chi connectivity index (χ2v) is 7.32. The number of aryl methyl sites for hydroxylation is 2. The molecule has 3 rings (SSSR count). The largest absolute Gasteiger partial charge is 0.309 e. The molecule has 0 bridgehead atoms. The number of nitrogens with zero attached hydrogens (tertiary/aromatic N) is 1. The summed E-state index contributed by atoms with van der Waals surface area (Å²) in [4.78, 5) is 5.94. The van der Waals surface area contributed by atoms with E-state index in [1.165, 1.54) is 28.3 Å². The number of rotatable bonds is 4. The van der Waals surface area contributed by atoms with Crippen LogP contribution in [0.15, 0.2) is 11.4 Å². The van der Waals surface area contributed by atoms with Gasteiger partial charge in [-0.3, -0.25) is 0 Å². The fraction of sp³-hybridized carbons (Fsp3) is 0.462. The van der Waals surface area contributed by atoms with Gasteiger partial charge >= 0.3 is 0 Å². The van der Waals surface area contributed by atoms with Crippen LogP contribution in [0, 0.1) is 6.92 Å². The fourth-order valence-corrected chi connectivity index (χ4v) is 4.55. The predicted octanol–water partition coefficient (Wildman–Crippen LogP) is 3.99. The van der Waals surface area contributed by atoms with Crippen LogP contribution in [0.2, 0.25) is 4.34 Å². The molecule has 1 N–H and O–H groups in total. The second-order valence-electron chi connectivity index (χ2n) is 4.61. The van der Waals surface area contributed by atoms with Crippen LogP contribution < -0.4 is 5.32 Å². The van der Waals surface area contributed by atoms with Crippen molar-refractivity contribution in [1.29, 1.82) is 0 Å². The Labute approximate surface area is 120 Å². The van der Waals surface area contributed by atoms with Gasteiger partial charge in [-0.15, -0.1) is 22.7 Å². The molecule has 0 radical (unpaired) electrons. The lowest BCUT2D eigenvalue weighted by Gasteiger charge is -2.11. The summed E-state index contributed by atoms with van der Waals surface area (Å²) in [6.45, 7) is 3.04. The lowest BCUT2D eigenvalue weighted by atomic mass is 10.2. The molecule has 1 atom stereocenters. The third kappa shape index (κ3) is 2.62. The molecule has 1 aliphatic rings. The topological polar surface area (TPSA) is 24.9 Å². The van der Waals surface area contributed by atoms with Crippen molar-refractivity contribution in [1.82, 2.24) is 10.3 Å². The smallest absolute Gasteiger partial charge is 0.0940 e. The second kappa shape index (κ2) is 5.29. The molecule has 1 unspecified atom stereocenters. The summed E-state index contributed by atoms with van der Waals surface area (Å²) >= 11 is 9.54. The van der Waals surface area contributed by atoms with Crippen molar-refractivity contribution >= 4 is 34.3 Å². The SMILES string of the molecule is Cc1csc(CCNC2CCc3sc(Cl)cc32)n1. The maximum absolute atomic E-state index is 6.06. The molecule has 2 heterocycles. The van der Waals surface area contributed by atoms with E-state index in [0.717, 1.165) is 23.0 Å². The van der Waals surface area contributed by atoms with Gasteiger partial charge in [0.25, 0.3) is 0 Å². The van der Waals surface area contributed by atoms with E-state index < -0.39 is 0 Å². The van der Waals surface area contributed by atoms with E-state index in [4.69, 9.17) is 11.6 Å². The van der Waals surface area contributed by atoms with E-state index in [0.29, 0.717) is 6.04 Å². The molecule has 0 saturated heterocycles. The van der Waals surface area contributed by atoms with Crippen molar-refractivity contribution in [3.05, 3.63) is 36.9 Å². The maximum Gasteiger partial charge on any atom is 0.0940 e. The molecule has 1 aliphatic carbocycles. The molecule has 5 heteroatoms. The Balaban J connectivity index is 1.55. The Bertz CT molecular complexity index is 547. The van der Waals surface area contributed by atoms with Gasteiger partial charge in [-0.25, -0.2) is 4.98 Å². The Morgan fingerprint density at radius 1 is 1.56 bits per heavy atom. The number of thiophene rings is 1. The summed E-state index contributed by atoms with van der Waals surface area (Å²) < 4.78 is 0.919. The minimum Gasteiger partial charge on any atom is -0.309 e. The van der Waals surface area contributed by atoms with Crippen molar-refractivity contribution in [2.75, 3.05) is 6.54 Å². The van der Waals surface area contributed by atoms with E-state index in [9.17, 15) is 0 Å².